The lowest BCUT2D eigenvalue weighted by Crippen LogP contribution is -2.17. The van der Waals surface area contributed by atoms with Crippen molar-refractivity contribution in [2.75, 3.05) is 5.43 Å². The molecule has 0 bridgehead atoms. The molecule has 2 rings (SSSR count). The predicted octanol–water partition coefficient (Wildman–Crippen LogP) is 2.63. The van der Waals surface area contributed by atoms with Crippen molar-refractivity contribution in [2.24, 2.45) is 0 Å². The Kier molecular flexibility index (Phi) is 3.22. The van der Waals surface area contributed by atoms with Crippen molar-refractivity contribution in [3.8, 4) is 0 Å². The van der Waals surface area contributed by atoms with Crippen LogP contribution in [0.4, 0.5) is 0 Å². The molecule has 0 amide bonds. The number of hydrogen-bond acceptors (Lipinski definition) is 2. The molecule has 4 nitrogen and oxygen atoms in total. The third-order valence-electron chi connectivity index (χ3n) is 2.88. The van der Waals surface area contributed by atoms with Crippen molar-refractivity contribution in [2.45, 2.75) is 40.3 Å². The highest BCUT2D eigenvalue weighted by atomic mass is 15.4. The van der Waals surface area contributed by atoms with Gasteiger partial charge in [0.05, 0.1) is 12.2 Å². The SMILES string of the molecule is Cc1ccc(C)n1NCc1ccn(C(C)C)n1. The minimum atomic E-state index is 0.416. The number of rotatable bonds is 4. The highest BCUT2D eigenvalue weighted by molar-refractivity contribution is 5.16. The van der Waals surface area contributed by atoms with E-state index < -0.39 is 0 Å². The summed E-state index contributed by atoms with van der Waals surface area (Å²) in [5, 5.41) is 4.51. The van der Waals surface area contributed by atoms with Crippen molar-refractivity contribution in [1.29, 1.82) is 0 Å². The summed E-state index contributed by atoms with van der Waals surface area (Å²) >= 11 is 0. The Bertz CT molecular complexity index is 474. The van der Waals surface area contributed by atoms with Gasteiger partial charge in [0.25, 0.3) is 0 Å². The van der Waals surface area contributed by atoms with Crippen LogP contribution in [0.5, 0.6) is 0 Å². The number of nitrogens with zero attached hydrogens (tertiary/aromatic N) is 3. The van der Waals surface area contributed by atoms with Crippen LogP contribution >= 0.6 is 0 Å². The first-order valence-corrected chi connectivity index (χ1v) is 6.01. The third kappa shape index (κ3) is 2.52. The fraction of sp³-hybridized carbons (Fsp3) is 0.462. The molecule has 0 atom stereocenters. The molecule has 0 saturated carbocycles. The van der Waals surface area contributed by atoms with E-state index in [9.17, 15) is 0 Å². The van der Waals surface area contributed by atoms with Crippen LogP contribution in [0.15, 0.2) is 24.4 Å². The largest absolute Gasteiger partial charge is 0.320 e. The topological polar surface area (TPSA) is 34.8 Å². The molecule has 0 saturated heterocycles. The van der Waals surface area contributed by atoms with Gasteiger partial charge in [-0.3, -0.25) is 9.36 Å². The molecule has 2 aromatic heterocycles. The van der Waals surface area contributed by atoms with Crippen LogP contribution < -0.4 is 5.43 Å². The second kappa shape index (κ2) is 4.65. The van der Waals surface area contributed by atoms with E-state index in [0.717, 1.165) is 12.2 Å². The van der Waals surface area contributed by atoms with E-state index in [2.05, 4.69) is 61.1 Å². The fourth-order valence-electron chi connectivity index (χ4n) is 1.84. The van der Waals surface area contributed by atoms with Crippen molar-refractivity contribution < 1.29 is 0 Å². The van der Waals surface area contributed by atoms with Gasteiger partial charge in [-0.2, -0.15) is 5.10 Å². The zero-order valence-electron chi connectivity index (χ0n) is 10.9. The molecule has 0 aromatic carbocycles. The van der Waals surface area contributed by atoms with Crippen molar-refractivity contribution in [1.82, 2.24) is 14.5 Å². The molecule has 2 heterocycles. The number of nitrogens with one attached hydrogen (secondary N) is 1. The molecule has 0 fully saturated rings. The lowest BCUT2D eigenvalue weighted by Gasteiger charge is -2.11. The van der Waals surface area contributed by atoms with Crippen LogP contribution in [0, 0.1) is 13.8 Å². The monoisotopic (exact) mass is 232 g/mol. The first-order chi connectivity index (χ1) is 8.08. The van der Waals surface area contributed by atoms with Gasteiger partial charge in [0.1, 0.15) is 0 Å². The number of hydrogen-bond donors (Lipinski definition) is 1. The molecule has 92 valence electrons. The fourth-order valence-corrected chi connectivity index (χ4v) is 1.84. The summed E-state index contributed by atoms with van der Waals surface area (Å²) in [5.41, 5.74) is 6.86. The molecule has 0 radical (unpaired) electrons. The Morgan fingerprint density at radius 1 is 1.18 bits per heavy atom. The van der Waals surface area contributed by atoms with Gasteiger partial charge in [0.2, 0.25) is 0 Å². The smallest absolute Gasteiger partial charge is 0.0831 e. The molecule has 4 heteroatoms. The average Bonchev–Trinajstić information content (AvgIpc) is 2.85. The van der Waals surface area contributed by atoms with Gasteiger partial charge in [0.15, 0.2) is 0 Å². The van der Waals surface area contributed by atoms with E-state index in [4.69, 9.17) is 0 Å². The summed E-state index contributed by atoms with van der Waals surface area (Å²) in [4.78, 5) is 0. The summed E-state index contributed by atoms with van der Waals surface area (Å²) in [6.45, 7) is 9.18. The molecule has 1 N–H and O–H groups in total. The van der Waals surface area contributed by atoms with Gasteiger partial charge in [-0.25, -0.2) is 0 Å². The Morgan fingerprint density at radius 3 is 2.35 bits per heavy atom. The van der Waals surface area contributed by atoms with Crippen LogP contribution in [0.2, 0.25) is 0 Å². The van der Waals surface area contributed by atoms with E-state index in [1.807, 2.05) is 10.9 Å². The minimum Gasteiger partial charge on any atom is -0.320 e. The van der Waals surface area contributed by atoms with Gasteiger partial charge in [0, 0.05) is 23.6 Å². The molecule has 0 aliphatic rings. The maximum absolute atomic E-state index is 4.51. The normalized spacial score (nSPS) is 11.1. The molecule has 0 aliphatic heterocycles. The van der Waals surface area contributed by atoms with Gasteiger partial charge in [-0.1, -0.05) is 0 Å². The van der Waals surface area contributed by atoms with Crippen molar-refractivity contribution in [3.63, 3.8) is 0 Å². The summed E-state index contributed by atoms with van der Waals surface area (Å²) in [6.07, 6.45) is 2.02. The van der Waals surface area contributed by atoms with E-state index >= 15 is 0 Å². The van der Waals surface area contributed by atoms with Gasteiger partial charge in [-0.15, -0.1) is 0 Å². The first kappa shape index (κ1) is 11.8. The Hall–Kier alpha value is -1.71. The van der Waals surface area contributed by atoms with Crippen LogP contribution in [-0.2, 0) is 6.54 Å². The zero-order chi connectivity index (χ0) is 12.4. The highest BCUT2D eigenvalue weighted by Crippen LogP contribution is 2.07. The van der Waals surface area contributed by atoms with Crippen LogP contribution in [-0.4, -0.2) is 14.5 Å². The number of aryl methyl sites for hydroxylation is 2. The number of aromatic nitrogens is 3. The summed E-state index contributed by atoms with van der Waals surface area (Å²) in [6, 6.07) is 6.68. The lowest BCUT2D eigenvalue weighted by molar-refractivity contribution is 0.526. The second-order valence-corrected chi connectivity index (χ2v) is 4.67. The first-order valence-electron chi connectivity index (χ1n) is 6.01. The molecule has 17 heavy (non-hydrogen) atoms. The van der Waals surface area contributed by atoms with E-state index in [0.29, 0.717) is 6.04 Å². The van der Waals surface area contributed by atoms with E-state index in [-0.39, 0.29) is 0 Å². The highest BCUT2D eigenvalue weighted by Gasteiger charge is 2.03. The molecule has 0 unspecified atom stereocenters. The summed E-state index contributed by atoms with van der Waals surface area (Å²) in [5.74, 6) is 0. The third-order valence-corrected chi connectivity index (χ3v) is 2.88. The summed E-state index contributed by atoms with van der Waals surface area (Å²) in [7, 11) is 0. The van der Waals surface area contributed by atoms with Crippen LogP contribution in [0.25, 0.3) is 0 Å². The molecular weight excluding hydrogens is 212 g/mol. The molecule has 0 spiro atoms. The lowest BCUT2D eigenvalue weighted by atomic mass is 10.4. The van der Waals surface area contributed by atoms with Crippen LogP contribution in [0.3, 0.4) is 0 Å². The van der Waals surface area contributed by atoms with Gasteiger partial charge in [-0.05, 0) is 45.9 Å². The average molecular weight is 232 g/mol. The maximum Gasteiger partial charge on any atom is 0.0831 e. The Balaban J connectivity index is 2.02. The molecule has 0 aliphatic carbocycles. The Labute approximate surface area is 102 Å². The van der Waals surface area contributed by atoms with Gasteiger partial charge < -0.3 is 5.43 Å². The van der Waals surface area contributed by atoms with E-state index in [1.165, 1.54) is 11.4 Å². The standard InChI is InChI=1S/C13H20N4/c1-10(2)16-8-7-13(15-16)9-14-17-11(3)5-6-12(17)4/h5-8,10,14H,9H2,1-4H3. The van der Waals surface area contributed by atoms with Crippen molar-refractivity contribution >= 4 is 0 Å². The van der Waals surface area contributed by atoms with E-state index in [1.54, 1.807) is 0 Å². The van der Waals surface area contributed by atoms with Crippen LogP contribution in [0.1, 0.15) is 37.0 Å². The quantitative estimate of drug-likeness (QED) is 0.879. The molecular formula is C13H20N4. The van der Waals surface area contributed by atoms with Crippen molar-refractivity contribution in [3.05, 3.63) is 41.5 Å². The predicted molar refractivity (Wildman–Crippen MR) is 69.6 cm³/mol. The molecule has 2 aromatic rings. The summed E-state index contributed by atoms with van der Waals surface area (Å²) < 4.78 is 4.07. The second-order valence-electron chi connectivity index (χ2n) is 4.67. The zero-order valence-corrected chi connectivity index (χ0v) is 10.9. The maximum atomic E-state index is 4.51. The Morgan fingerprint density at radius 2 is 1.82 bits per heavy atom. The van der Waals surface area contributed by atoms with Gasteiger partial charge >= 0.3 is 0 Å². The minimum absolute atomic E-state index is 0.416.